The number of fused-ring (bicyclic) bond motifs is 7. The summed E-state index contributed by atoms with van der Waals surface area (Å²) in [6, 6.07) is 13.7. The lowest BCUT2D eigenvalue weighted by Crippen LogP contribution is -2.38. The monoisotopic (exact) mass is 362 g/mol. The van der Waals surface area contributed by atoms with Gasteiger partial charge in [0.1, 0.15) is 11.5 Å². The van der Waals surface area contributed by atoms with E-state index in [4.69, 9.17) is 9.47 Å². The first kappa shape index (κ1) is 17.2. The van der Waals surface area contributed by atoms with Crippen molar-refractivity contribution in [2.75, 3.05) is 13.7 Å². The Morgan fingerprint density at radius 3 is 1.89 bits per heavy atom. The van der Waals surface area contributed by atoms with E-state index in [1.807, 2.05) is 0 Å². The minimum absolute atomic E-state index is 0.749. The first-order chi connectivity index (χ1) is 13.3. The molecule has 27 heavy (non-hydrogen) atoms. The van der Waals surface area contributed by atoms with Gasteiger partial charge >= 0.3 is 0 Å². The Morgan fingerprint density at radius 1 is 0.778 bits per heavy atom. The van der Waals surface area contributed by atoms with Gasteiger partial charge in [-0.2, -0.15) is 0 Å². The molecule has 5 rings (SSSR count). The third kappa shape index (κ3) is 2.85. The van der Waals surface area contributed by atoms with Gasteiger partial charge in [0.05, 0.1) is 13.7 Å². The second-order valence-electron chi connectivity index (χ2n) is 8.55. The van der Waals surface area contributed by atoms with Crippen LogP contribution in [0.4, 0.5) is 0 Å². The van der Waals surface area contributed by atoms with E-state index in [9.17, 15) is 0 Å². The van der Waals surface area contributed by atoms with Crippen LogP contribution in [0.1, 0.15) is 66.7 Å². The Hall–Kier alpha value is -1.96. The summed E-state index contributed by atoms with van der Waals surface area (Å²) in [5, 5.41) is 0. The summed E-state index contributed by atoms with van der Waals surface area (Å²) in [6.07, 6.45) is 7.79. The van der Waals surface area contributed by atoms with Gasteiger partial charge in [-0.3, -0.25) is 0 Å². The average molecular weight is 363 g/mol. The van der Waals surface area contributed by atoms with Crippen LogP contribution in [0.3, 0.4) is 0 Å². The van der Waals surface area contributed by atoms with Crippen LogP contribution in [0.15, 0.2) is 36.4 Å². The lowest BCUT2D eigenvalue weighted by Gasteiger charge is -2.49. The number of rotatable bonds is 3. The van der Waals surface area contributed by atoms with Crippen molar-refractivity contribution >= 4 is 0 Å². The molecule has 2 aromatic carbocycles. The number of benzene rings is 2. The van der Waals surface area contributed by atoms with Gasteiger partial charge in [-0.15, -0.1) is 0 Å². The summed E-state index contributed by atoms with van der Waals surface area (Å²) in [4.78, 5) is 0. The van der Waals surface area contributed by atoms with E-state index in [-0.39, 0.29) is 0 Å². The highest BCUT2D eigenvalue weighted by Crippen LogP contribution is 2.56. The standard InChI is InChI=1S/C25H30O2/c1-3-27-19-7-11-21-17(15-19)5-9-25-23(21)13-12-22-20-10-6-18(26-2)14-16(20)4-8-24(22)25/h6-7,10-11,14-15,22-25H,3-5,8-9,12-13H2,1-2H3/t22-,23+,24-,25+/m0/s1. The molecule has 2 aromatic rings. The van der Waals surface area contributed by atoms with Crippen LogP contribution >= 0.6 is 0 Å². The maximum atomic E-state index is 5.74. The van der Waals surface area contributed by atoms with Crippen molar-refractivity contribution in [3.05, 3.63) is 58.7 Å². The Balaban J connectivity index is 1.43. The lowest BCUT2D eigenvalue weighted by atomic mass is 9.56. The van der Waals surface area contributed by atoms with Crippen molar-refractivity contribution in [2.24, 2.45) is 11.8 Å². The minimum atomic E-state index is 0.749. The zero-order valence-corrected chi connectivity index (χ0v) is 16.5. The first-order valence-electron chi connectivity index (χ1n) is 10.7. The summed E-state index contributed by atoms with van der Waals surface area (Å²) >= 11 is 0. The SMILES string of the molecule is CCOc1ccc2c(c1)CC[C@H]1[C@H]3CCc4cc(OC)ccc4[C@@H]3CC[C@H]21. The van der Waals surface area contributed by atoms with Crippen molar-refractivity contribution in [2.45, 2.75) is 57.3 Å². The van der Waals surface area contributed by atoms with Gasteiger partial charge < -0.3 is 9.47 Å². The molecule has 1 saturated carbocycles. The number of hydrogen-bond donors (Lipinski definition) is 0. The van der Waals surface area contributed by atoms with Gasteiger partial charge in [0, 0.05) is 0 Å². The molecule has 2 nitrogen and oxygen atoms in total. The van der Waals surface area contributed by atoms with Crippen LogP contribution in [0.2, 0.25) is 0 Å². The third-order valence-electron chi connectivity index (χ3n) is 7.44. The summed E-state index contributed by atoms with van der Waals surface area (Å²) in [5.41, 5.74) is 6.31. The zero-order chi connectivity index (χ0) is 18.4. The van der Waals surface area contributed by atoms with Crippen molar-refractivity contribution in [3.63, 3.8) is 0 Å². The second kappa shape index (κ2) is 6.89. The highest BCUT2D eigenvalue weighted by Gasteiger charge is 2.44. The van der Waals surface area contributed by atoms with Gasteiger partial charge in [-0.25, -0.2) is 0 Å². The van der Waals surface area contributed by atoms with Gasteiger partial charge in [0.15, 0.2) is 0 Å². The van der Waals surface area contributed by atoms with Crippen LogP contribution in [-0.4, -0.2) is 13.7 Å². The molecule has 0 unspecified atom stereocenters. The fraction of sp³-hybridized carbons (Fsp3) is 0.520. The molecule has 0 saturated heterocycles. The number of aryl methyl sites for hydroxylation is 2. The lowest BCUT2D eigenvalue weighted by molar-refractivity contribution is 0.136. The maximum absolute atomic E-state index is 5.74. The summed E-state index contributed by atoms with van der Waals surface area (Å²) in [6.45, 7) is 2.81. The highest BCUT2D eigenvalue weighted by molar-refractivity contribution is 5.43. The normalized spacial score (nSPS) is 28.4. The molecule has 3 aliphatic rings. The van der Waals surface area contributed by atoms with Crippen molar-refractivity contribution in [3.8, 4) is 11.5 Å². The number of ether oxygens (including phenoxy) is 2. The van der Waals surface area contributed by atoms with E-state index < -0.39 is 0 Å². The Kier molecular flexibility index (Phi) is 4.38. The first-order valence-corrected chi connectivity index (χ1v) is 10.7. The Bertz CT molecular complexity index is 840. The van der Waals surface area contributed by atoms with Crippen molar-refractivity contribution in [1.82, 2.24) is 0 Å². The van der Waals surface area contributed by atoms with Gasteiger partial charge in [0.2, 0.25) is 0 Å². The molecule has 0 N–H and O–H groups in total. The van der Waals surface area contributed by atoms with E-state index in [0.29, 0.717) is 0 Å². The second-order valence-corrected chi connectivity index (χ2v) is 8.55. The quantitative estimate of drug-likeness (QED) is 0.679. The van der Waals surface area contributed by atoms with E-state index in [0.717, 1.165) is 41.8 Å². The van der Waals surface area contributed by atoms with E-state index >= 15 is 0 Å². The van der Waals surface area contributed by atoms with Gasteiger partial charge in [-0.1, -0.05) is 12.1 Å². The molecular formula is C25H30O2. The largest absolute Gasteiger partial charge is 0.497 e. The van der Waals surface area contributed by atoms with Gasteiger partial charge in [0.25, 0.3) is 0 Å². The van der Waals surface area contributed by atoms with Crippen molar-refractivity contribution in [1.29, 1.82) is 0 Å². The van der Waals surface area contributed by atoms with E-state index in [1.54, 1.807) is 23.8 Å². The van der Waals surface area contributed by atoms with Crippen LogP contribution in [-0.2, 0) is 12.8 Å². The fourth-order valence-corrected chi connectivity index (χ4v) is 6.34. The number of hydrogen-bond acceptors (Lipinski definition) is 2. The minimum Gasteiger partial charge on any atom is -0.497 e. The Labute approximate surface area is 162 Å². The molecule has 0 aromatic heterocycles. The molecule has 3 aliphatic carbocycles. The van der Waals surface area contributed by atoms with Gasteiger partial charge in [-0.05, 0) is 116 Å². The molecule has 0 amide bonds. The zero-order valence-electron chi connectivity index (χ0n) is 16.5. The third-order valence-corrected chi connectivity index (χ3v) is 7.44. The van der Waals surface area contributed by atoms with Crippen molar-refractivity contribution < 1.29 is 9.47 Å². The Morgan fingerprint density at radius 2 is 1.33 bits per heavy atom. The highest BCUT2D eigenvalue weighted by atomic mass is 16.5. The van der Waals surface area contributed by atoms with E-state index in [1.165, 1.54) is 44.1 Å². The molecule has 0 aliphatic heterocycles. The van der Waals surface area contributed by atoms with E-state index in [2.05, 4.69) is 43.3 Å². The van der Waals surface area contributed by atoms with Crippen LogP contribution in [0.5, 0.6) is 11.5 Å². The average Bonchev–Trinajstić information content (AvgIpc) is 2.72. The molecule has 4 atom stereocenters. The van der Waals surface area contributed by atoms with Crippen LogP contribution < -0.4 is 9.47 Å². The molecule has 2 heteroatoms. The predicted octanol–water partition coefficient (Wildman–Crippen LogP) is 5.88. The molecule has 0 bridgehead atoms. The summed E-state index contributed by atoms with van der Waals surface area (Å²) < 4.78 is 11.2. The maximum Gasteiger partial charge on any atom is 0.119 e. The molecular weight excluding hydrogens is 332 g/mol. The van der Waals surface area contributed by atoms with Crippen LogP contribution in [0, 0.1) is 11.8 Å². The summed E-state index contributed by atoms with van der Waals surface area (Å²) in [5.74, 6) is 5.27. The predicted molar refractivity (Wildman–Crippen MR) is 109 cm³/mol. The molecule has 142 valence electrons. The number of methoxy groups -OCH3 is 1. The fourth-order valence-electron chi connectivity index (χ4n) is 6.34. The smallest absolute Gasteiger partial charge is 0.119 e. The van der Waals surface area contributed by atoms with Crippen LogP contribution in [0.25, 0.3) is 0 Å². The molecule has 0 heterocycles. The summed E-state index contributed by atoms with van der Waals surface area (Å²) in [7, 11) is 1.77. The molecule has 0 radical (unpaired) electrons. The topological polar surface area (TPSA) is 18.5 Å². The molecule has 0 spiro atoms. The molecule has 1 fully saturated rings.